The largest absolute Gasteiger partial charge is 0.467 e. The molecule has 28 heavy (non-hydrogen) atoms. The van der Waals surface area contributed by atoms with Crippen LogP contribution in [0.4, 0.5) is 19.0 Å². The van der Waals surface area contributed by atoms with Gasteiger partial charge in [-0.3, -0.25) is 4.79 Å². The number of nitrogens with zero attached hydrogens (tertiary/aromatic N) is 4. The van der Waals surface area contributed by atoms with Gasteiger partial charge in [-0.2, -0.15) is 18.3 Å². The predicted molar refractivity (Wildman–Crippen MR) is 95.4 cm³/mol. The quantitative estimate of drug-likeness (QED) is 0.813. The van der Waals surface area contributed by atoms with Crippen LogP contribution in [0, 0.1) is 0 Å². The van der Waals surface area contributed by atoms with E-state index in [1.165, 1.54) is 6.26 Å². The molecular formula is C17H19ClF3N5O2. The third kappa shape index (κ3) is 3.35. The molecule has 2 aliphatic rings. The second kappa shape index (κ2) is 7.00. The molecule has 4 heterocycles. The van der Waals surface area contributed by atoms with Gasteiger partial charge in [0.1, 0.15) is 16.6 Å². The van der Waals surface area contributed by atoms with Crippen molar-refractivity contribution in [2.75, 3.05) is 38.5 Å². The van der Waals surface area contributed by atoms with Gasteiger partial charge in [0, 0.05) is 32.6 Å². The molecule has 2 aromatic rings. The zero-order chi connectivity index (χ0) is 20.1. The lowest BCUT2D eigenvalue weighted by Crippen LogP contribution is -2.47. The van der Waals surface area contributed by atoms with Crippen molar-refractivity contribution in [2.45, 2.75) is 24.7 Å². The molecule has 1 saturated heterocycles. The smallest absolute Gasteiger partial charge is 0.410 e. The summed E-state index contributed by atoms with van der Waals surface area (Å²) in [6.07, 6.45) is -3.47. The van der Waals surface area contributed by atoms with Crippen LogP contribution in [-0.2, 0) is 0 Å². The first-order valence-electron chi connectivity index (χ1n) is 8.88. The van der Waals surface area contributed by atoms with Crippen LogP contribution in [0.3, 0.4) is 0 Å². The minimum atomic E-state index is -4.55. The zero-order valence-electron chi connectivity index (χ0n) is 15.0. The number of aromatic nitrogens is 2. The number of carbonyl (C=O) groups excluding carboxylic acids is 1. The van der Waals surface area contributed by atoms with E-state index in [2.05, 4.69) is 15.3 Å². The van der Waals surface area contributed by atoms with Crippen LogP contribution in [0.15, 0.2) is 22.8 Å². The standard InChI is InChI=1S/C17H19ClF3N5O2/c1-24-4-6-25(7-5-24)16(27)14-13(18)15-22-10(11-3-2-8-28-11)9-12(17(19,20)21)26(15)23-14/h2-3,8,10,12,22H,4-7,9H2,1H3. The fourth-order valence-corrected chi connectivity index (χ4v) is 3.82. The SMILES string of the molecule is CN1CCN(C(=O)c2nn3c(c2Cl)NC(c2ccco2)CC3C(F)(F)F)CC1. The van der Waals surface area contributed by atoms with Crippen LogP contribution < -0.4 is 5.32 Å². The lowest BCUT2D eigenvalue weighted by Gasteiger charge is -2.32. The summed E-state index contributed by atoms with van der Waals surface area (Å²) in [6.45, 7) is 2.31. The molecule has 0 bridgehead atoms. The topological polar surface area (TPSA) is 66.5 Å². The Labute approximate surface area is 164 Å². The highest BCUT2D eigenvalue weighted by molar-refractivity contribution is 6.36. The molecule has 0 radical (unpaired) electrons. The van der Waals surface area contributed by atoms with Gasteiger partial charge in [0.2, 0.25) is 0 Å². The van der Waals surface area contributed by atoms with Crippen LogP contribution in [0.2, 0.25) is 5.02 Å². The average Bonchev–Trinajstić information content (AvgIpc) is 3.29. The number of rotatable bonds is 2. The minimum absolute atomic E-state index is 0.0193. The van der Waals surface area contributed by atoms with Gasteiger partial charge in [0.05, 0.1) is 12.3 Å². The number of amides is 1. The van der Waals surface area contributed by atoms with Gasteiger partial charge in [-0.25, -0.2) is 4.68 Å². The summed E-state index contributed by atoms with van der Waals surface area (Å²) in [5, 5.41) is 6.82. The number of carbonyl (C=O) groups is 1. The molecule has 2 aromatic heterocycles. The molecule has 0 aromatic carbocycles. The van der Waals surface area contributed by atoms with Gasteiger partial charge >= 0.3 is 6.18 Å². The molecule has 1 amide bonds. The van der Waals surface area contributed by atoms with Gasteiger partial charge in [-0.05, 0) is 19.2 Å². The van der Waals surface area contributed by atoms with Gasteiger partial charge < -0.3 is 19.5 Å². The average molecular weight is 418 g/mol. The van der Waals surface area contributed by atoms with Crippen LogP contribution in [0.1, 0.15) is 34.8 Å². The van der Waals surface area contributed by atoms with E-state index in [4.69, 9.17) is 16.0 Å². The summed E-state index contributed by atoms with van der Waals surface area (Å²) in [5.74, 6) is -0.115. The van der Waals surface area contributed by atoms with E-state index in [1.807, 2.05) is 7.05 Å². The fourth-order valence-electron chi connectivity index (χ4n) is 3.56. The van der Waals surface area contributed by atoms with Gasteiger partial charge in [-0.15, -0.1) is 0 Å². The lowest BCUT2D eigenvalue weighted by molar-refractivity contribution is -0.174. The highest BCUT2D eigenvalue weighted by Crippen LogP contribution is 2.46. The van der Waals surface area contributed by atoms with Gasteiger partial charge in [0.15, 0.2) is 11.7 Å². The molecule has 0 aliphatic carbocycles. The molecule has 0 saturated carbocycles. The van der Waals surface area contributed by atoms with Crippen molar-refractivity contribution < 1.29 is 22.4 Å². The number of piperazine rings is 1. The molecule has 2 atom stereocenters. The lowest BCUT2D eigenvalue weighted by atomic mass is 10.0. The van der Waals surface area contributed by atoms with Crippen LogP contribution in [0.25, 0.3) is 0 Å². The third-order valence-corrected chi connectivity index (χ3v) is 5.53. The zero-order valence-corrected chi connectivity index (χ0v) is 15.8. The molecule has 1 fully saturated rings. The Hall–Kier alpha value is -2.20. The maximum atomic E-state index is 13.7. The van der Waals surface area contributed by atoms with Crippen molar-refractivity contribution in [3.05, 3.63) is 34.9 Å². The summed E-state index contributed by atoms with van der Waals surface area (Å²) in [7, 11) is 1.94. The maximum absolute atomic E-state index is 13.7. The first-order chi connectivity index (χ1) is 13.3. The summed E-state index contributed by atoms with van der Waals surface area (Å²) in [6, 6.07) is 0.567. The highest BCUT2D eigenvalue weighted by atomic mass is 35.5. The molecule has 0 spiro atoms. The number of hydrogen-bond acceptors (Lipinski definition) is 5. The normalized spacial score (nSPS) is 23.4. The third-order valence-electron chi connectivity index (χ3n) is 5.18. The number of fused-ring (bicyclic) bond motifs is 1. The van der Waals surface area contributed by atoms with Crippen molar-refractivity contribution in [1.29, 1.82) is 0 Å². The van der Waals surface area contributed by atoms with Gasteiger partial charge in [0.25, 0.3) is 5.91 Å². The molecule has 4 rings (SSSR count). The van der Waals surface area contributed by atoms with Crippen LogP contribution in [-0.4, -0.2) is 64.9 Å². The fraction of sp³-hybridized carbons (Fsp3) is 0.529. The number of likely N-dealkylation sites (N-methyl/N-ethyl adjacent to an activating group) is 1. The van der Waals surface area contributed by atoms with E-state index in [0.29, 0.717) is 31.9 Å². The number of halogens is 4. The first-order valence-corrected chi connectivity index (χ1v) is 9.26. The van der Waals surface area contributed by atoms with E-state index in [1.54, 1.807) is 17.0 Å². The predicted octanol–water partition coefficient (Wildman–Crippen LogP) is 3.18. The Kier molecular flexibility index (Phi) is 4.78. The molecule has 1 N–H and O–H groups in total. The van der Waals surface area contributed by atoms with E-state index < -0.39 is 24.2 Å². The van der Waals surface area contributed by atoms with E-state index in [-0.39, 0.29) is 23.0 Å². The monoisotopic (exact) mass is 417 g/mol. The number of furan rings is 1. The molecule has 7 nitrogen and oxygen atoms in total. The molecule has 2 aliphatic heterocycles. The van der Waals surface area contributed by atoms with E-state index in [0.717, 1.165) is 4.68 Å². The summed E-state index contributed by atoms with van der Waals surface area (Å²) < 4.78 is 47.2. The van der Waals surface area contributed by atoms with E-state index in [9.17, 15) is 18.0 Å². The van der Waals surface area contributed by atoms with Crippen molar-refractivity contribution in [2.24, 2.45) is 0 Å². The molecule has 11 heteroatoms. The molecule has 152 valence electrons. The second-order valence-electron chi connectivity index (χ2n) is 7.06. The van der Waals surface area contributed by atoms with Crippen molar-refractivity contribution in [3.8, 4) is 0 Å². The van der Waals surface area contributed by atoms with E-state index >= 15 is 0 Å². The second-order valence-corrected chi connectivity index (χ2v) is 7.43. The van der Waals surface area contributed by atoms with Gasteiger partial charge in [-0.1, -0.05) is 11.6 Å². The van der Waals surface area contributed by atoms with Crippen molar-refractivity contribution in [3.63, 3.8) is 0 Å². The summed E-state index contributed by atoms with van der Waals surface area (Å²) in [5.41, 5.74) is -0.164. The van der Waals surface area contributed by atoms with Crippen LogP contribution >= 0.6 is 11.6 Å². The van der Waals surface area contributed by atoms with Crippen LogP contribution in [0.5, 0.6) is 0 Å². The Morgan fingerprint density at radius 3 is 2.64 bits per heavy atom. The maximum Gasteiger partial charge on any atom is 0.410 e. The summed E-state index contributed by atoms with van der Waals surface area (Å²) in [4.78, 5) is 16.5. The molecular weight excluding hydrogens is 399 g/mol. The van der Waals surface area contributed by atoms with Crippen molar-refractivity contribution in [1.82, 2.24) is 19.6 Å². The minimum Gasteiger partial charge on any atom is -0.467 e. The summed E-state index contributed by atoms with van der Waals surface area (Å²) >= 11 is 6.33. The Balaban J connectivity index is 1.69. The van der Waals surface area contributed by atoms with Crippen molar-refractivity contribution >= 4 is 23.3 Å². The number of hydrogen-bond donors (Lipinski definition) is 1. The Morgan fingerprint density at radius 2 is 2.04 bits per heavy atom. The first kappa shape index (κ1) is 19.1. The highest BCUT2D eigenvalue weighted by Gasteiger charge is 2.48. The number of anilines is 1. The Bertz CT molecular complexity index is 859. The molecule has 2 unspecified atom stereocenters. The number of nitrogens with one attached hydrogen (secondary N) is 1. The number of alkyl halides is 3. The Morgan fingerprint density at radius 1 is 1.32 bits per heavy atom.